The largest absolute Gasteiger partial charge is 0.462 e. The van der Waals surface area contributed by atoms with Crippen LogP contribution < -0.4 is 4.74 Å². The lowest BCUT2D eigenvalue weighted by molar-refractivity contribution is -0.157. The molecule has 0 unspecified atom stereocenters. The van der Waals surface area contributed by atoms with Crippen molar-refractivity contribution in [2.24, 2.45) is 0 Å². The maximum atomic E-state index is 10.2. The molecule has 3 nitrogen and oxygen atoms in total. The smallest absolute Gasteiger partial charge is 0.208 e. The lowest BCUT2D eigenvalue weighted by atomic mass is 9.93. The summed E-state index contributed by atoms with van der Waals surface area (Å²) in [6.45, 7) is 1.56. The SMILES string of the molecule is C[C@]1(O)C[C@@H](O)c2c(ccc3ccccc23)O1. The van der Waals surface area contributed by atoms with Crippen molar-refractivity contribution in [1.29, 1.82) is 0 Å². The summed E-state index contributed by atoms with van der Waals surface area (Å²) >= 11 is 0. The van der Waals surface area contributed by atoms with Gasteiger partial charge in [-0.05, 0) is 16.8 Å². The first-order valence-electron chi connectivity index (χ1n) is 5.68. The lowest BCUT2D eigenvalue weighted by Gasteiger charge is -2.34. The highest BCUT2D eigenvalue weighted by Crippen LogP contribution is 2.42. The molecule has 17 heavy (non-hydrogen) atoms. The molecule has 1 aliphatic rings. The summed E-state index contributed by atoms with van der Waals surface area (Å²) in [6.07, 6.45) is -0.506. The highest BCUT2D eigenvalue weighted by Gasteiger charge is 2.35. The van der Waals surface area contributed by atoms with Gasteiger partial charge in [-0.3, -0.25) is 0 Å². The molecule has 0 saturated carbocycles. The molecule has 2 aromatic carbocycles. The molecule has 2 aromatic rings. The average molecular weight is 230 g/mol. The Kier molecular flexibility index (Phi) is 2.15. The normalized spacial score (nSPS) is 27.6. The van der Waals surface area contributed by atoms with Crippen LogP contribution in [0.3, 0.4) is 0 Å². The number of aliphatic hydroxyl groups is 2. The molecule has 3 heteroatoms. The Morgan fingerprint density at radius 3 is 2.82 bits per heavy atom. The first-order valence-corrected chi connectivity index (χ1v) is 5.68. The minimum atomic E-state index is -1.30. The number of hydrogen-bond donors (Lipinski definition) is 2. The summed E-state index contributed by atoms with van der Waals surface area (Å²) in [6, 6.07) is 11.6. The van der Waals surface area contributed by atoms with Gasteiger partial charge in [-0.1, -0.05) is 30.3 Å². The number of rotatable bonds is 0. The summed E-state index contributed by atoms with van der Waals surface area (Å²) in [5, 5.41) is 22.1. The molecule has 0 fully saturated rings. The maximum absolute atomic E-state index is 10.2. The van der Waals surface area contributed by atoms with Gasteiger partial charge in [0.1, 0.15) is 5.75 Å². The van der Waals surface area contributed by atoms with Gasteiger partial charge in [-0.25, -0.2) is 0 Å². The molecule has 0 bridgehead atoms. The quantitative estimate of drug-likeness (QED) is 0.730. The van der Waals surface area contributed by atoms with E-state index in [-0.39, 0.29) is 6.42 Å². The molecular weight excluding hydrogens is 216 g/mol. The summed E-state index contributed by atoms with van der Waals surface area (Å²) in [4.78, 5) is 0. The Balaban J connectivity index is 2.27. The van der Waals surface area contributed by atoms with Crippen molar-refractivity contribution in [1.82, 2.24) is 0 Å². The molecule has 0 radical (unpaired) electrons. The van der Waals surface area contributed by atoms with Crippen LogP contribution in [0.2, 0.25) is 0 Å². The van der Waals surface area contributed by atoms with Gasteiger partial charge >= 0.3 is 0 Å². The van der Waals surface area contributed by atoms with Crippen molar-refractivity contribution < 1.29 is 14.9 Å². The Labute approximate surface area is 99.3 Å². The minimum Gasteiger partial charge on any atom is -0.462 e. The first-order chi connectivity index (χ1) is 8.07. The van der Waals surface area contributed by atoms with E-state index in [1.165, 1.54) is 0 Å². The fraction of sp³-hybridized carbons (Fsp3) is 0.286. The van der Waals surface area contributed by atoms with Gasteiger partial charge in [0, 0.05) is 18.9 Å². The average Bonchev–Trinajstić information content (AvgIpc) is 2.26. The fourth-order valence-electron chi connectivity index (χ4n) is 2.45. The number of benzene rings is 2. The third-order valence-corrected chi connectivity index (χ3v) is 3.17. The number of hydrogen-bond acceptors (Lipinski definition) is 3. The number of ether oxygens (including phenoxy) is 1. The molecule has 0 saturated heterocycles. The van der Waals surface area contributed by atoms with Crippen LogP contribution in [0.25, 0.3) is 10.8 Å². The van der Waals surface area contributed by atoms with Crippen LogP contribution in [-0.4, -0.2) is 16.0 Å². The first kappa shape index (κ1) is 10.6. The second-order valence-electron chi connectivity index (χ2n) is 4.70. The highest BCUT2D eigenvalue weighted by atomic mass is 16.6. The predicted molar refractivity (Wildman–Crippen MR) is 64.8 cm³/mol. The van der Waals surface area contributed by atoms with Crippen molar-refractivity contribution in [3.8, 4) is 5.75 Å². The van der Waals surface area contributed by atoms with E-state index >= 15 is 0 Å². The molecule has 0 spiro atoms. The molecule has 3 rings (SSSR count). The van der Waals surface area contributed by atoms with Gasteiger partial charge in [0.25, 0.3) is 0 Å². The van der Waals surface area contributed by atoms with Crippen molar-refractivity contribution in [2.75, 3.05) is 0 Å². The van der Waals surface area contributed by atoms with Crippen LogP contribution in [0, 0.1) is 0 Å². The standard InChI is InChI=1S/C14H14O3/c1-14(16)8-11(15)13-10-5-3-2-4-9(10)6-7-12(13)17-14/h2-7,11,15-16H,8H2,1H3/t11-,14-/m1/s1. The summed E-state index contributed by atoms with van der Waals surface area (Å²) in [5.41, 5.74) is 0.773. The van der Waals surface area contributed by atoms with E-state index in [4.69, 9.17) is 4.74 Å². The molecule has 2 atom stereocenters. The van der Waals surface area contributed by atoms with Crippen molar-refractivity contribution in [3.63, 3.8) is 0 Å². The van der Waals surface area contributed by atoms with Crippen LogP contribution in [0.15, 0.2) is 36.4 Å². The lowest BCUT2D eigenvalue weighted by Crippen LogP contribution is -2.37. The van der Waals surface area contributed by atoms with Gasteiger partial charge in [-0.2, -0.15) is 0 Å². The topological polar surface area (TPSA) is 49.7 Å². The van der Waals surface area contributed by atoms with Gasteiger partial charge in [0.2, 0.25) is 5.79 Å². The Morgan fingerprint density at radius 1 is 1.24 bits per heavy atom. The monoisotopic (exact) mass is 230 g/mol. The van der Waals surface area contributed by atoms with Crippen LogP contribution in [0.4, 0.5) is 0 Å². The third-order valence-electron chi connectivity index (χ3n) is 3.17. The van der Waals surface area contributed by atoms with E-state index in [1.807, 2.05) is 30.3 Å². The molecule has 0 aromatic heterocycles. The zero-order valence-corrected chi connectivity index (χ0v) is 9.55. The number of aliphatic hydroxyl groups excluding tert-OH is 1. The van der Waals surface area contributed by atoms with Crippen LogP contribution in [0.5, 0.6) is 5.75 Å². The fourth-order valence-corrected chi connectivity index (χ4v) is 2.45. The van der Waals surface area contributed by atoms with Crippen molar-refractivity contribution >= 4 is 10.8 Å². The third kappa shape index (κ3) is 1.68. The Bertz CT molecular complexity index is 575. The summed E-state index contributed by atoms with van der Waals surface area (Å²) in [7, 11) is 0. The second kappa shape index (κ2) is 3.45. The van der Waals surface area contributed by atoms with E-state index < -0.39 is 11.9 Å². The van der Waals surface area contributed by atoms with Gasteiger partial charge in [0.05, 0.1) is 6.10 Å². The highest BCUT2D eigenvalue weighted by molar-refractivity contribution is 5.88. The van der Waals surface area contributed by atoms with E-state index in [9.17, 15) is 10.2 Å². The maximum Gasteiger partial charge on any atom is 0.208 e. The number of fused-ring (bicyclic) bond motifs is 3. The zero-order chi connectivity index (χ0) is 12.0. The molecule has 1 heterocycles. The summed E-state index contributed by atoms with van der Waals surface area (Å²) in [5.74, 6) is -0.734. The van der Waals surface area contributed by atoms with Gasteiger partial charge < -0.3 is 14.9 Å². The van der Waals surface area contributed by atoms with Gasteiger partial charge in [-0.15, -0.1) is 0 Å². The molecular formula is C14H14O3. The molecule has 0 amide bonds. The Hall–Kier alpha value is -1.58. The zero-order valence-electron chi connectivity index (χ0n) is 9.55. The molecule has 0 aliphatic carbocycles. The molecule has 1 aliphatic heterocycles. The van der Waals surface area contributed by atoms with E-state index in [0.717, 1.165) is 16.3 Å². The van der Waals surface area contributed by atoms with Crippen molar-refractivity contribution in [3.05, 3.63) is 42.0 Å². The molecule has 2 N–H and O–H groups in total. The van der Waals surface area contributed by atoms with Crippen molar-refractivity contribution in [2.45, 2.75) is 25.2 Å². The predicted octanol–water partition coefficient (Wildman–Crippen LogP) is 2.36. The second-order valence-corrected chi connectivity index (χ2v) is 4.70. The van der Waals surface area contributed by atoms with Crippen LogP contribution >= 0.6 is 0 Å². The van der Waals surface area contributed by atoms with E-state index in [0.29, 0.717) is 5.75 Å². The van der Waals surface area contributed by atoms with Gasteiger partial charge in [0.15, 0.2) is 0 Å². The minimum absolute atomic E-state index is 0.188. The van der Waals surface area contributed by atoms with Crippen LogP contribution in [-0.2, 0) is 0 Å². The van der Waals surface area contributed by atoms with E-state index in [1.54, 1.807) is 13.0 Å². The van der Waals surface area contributed by atoms with E-state index in [2.05, 4.69) is 0 Å². The Morgan fingerprint density at radius 2 is 2.00 bits per heavy atom. The summed E-state index contributed by atoms with van der Waals surface area (Å²) < 4.78 is 5.49. The molecule has 88 valence electrons. The van der Waals surface area contributed by atoms with Crippen LogP contribution in [0.1, 0.15) is 25.0 Å².